The molecule has 0 aromatic carbocycles. The molecule has 164 valence electrons. The Hall–Kier alpha value is -2.41. The molecule has 2 amide bonds. The van der Waals surface area contributed by atoms with Gasteiger partial charge in [0.05, 0.1) is 24.5 Å². The number of carbonyl (C=O) groups is 2. The zero-order chi connectivity index (χ0) is 21.4. The molecule has 2 aliphatic heterocycles. The molecule has 0 radical (unpaired) electrons. The summed E-state index contributed by atoms with van der Waals surface area (Å²) in [6, 6.07) is 0.440. The van der Waals surface area contributed by atoms with Gasteiger partial charge in [-0.05, 0) is 36.1 Å². The van der Waals surface area contributed by atoms with E-state index in [1.54, 1.807) is 0 Å². The van der Waals surface area contributed by atoms with Gasteiger partial charge in [0.2, 0.25) is 0 Å². The van der Waals surface area contributed by atoms with Gasteiger partial charge >= 0.3 is 12.0 Å². The van der Waals surface area contributed by atoms with Crippen LogP contribution < -0.4 is 10.6 Å². The fourth-order valence-corrected chi connectivity index (χ4v) is 4.93. The Kier molecular flexibility index (Phi) is 11.6. The molecule has 3 aliphatic rings. The van der Waals surface area contributed by atoms with E-state index in [-0.39, 0.29) is 24.5 Å². The van der Waals surface area contributed by atoms with Gasteiger partial charge in [-0.15, -0.1) is 22.0 Å². The first-order valence-corrected chi connectivity index (χ1v) is 11.5. The summed E-state index contributed by atoms with van der Waals surface area (Å²) < 4.78 is 0. The second kappa shape index (κ2) is 14.6. The fourth-order valence-electron chi connectivity index (χ4n) is 3.39. The second-order valence-corrected chi connectivity index (χ2v) is 8.51. The lowest BCUT2D eigenvalue weighted by Crippen LogP contribution is -2.36. The number of aliphatic carboxylic acids is 1. The molecule has 3 N–H and O–H groups in total. The third kappa shape index (κ3) is 9.87. The van der Waals surface area contributed by atoms with E-state index in [0.717, 1.165) is 37.9 Å². The van der Waals surface area contributed by atoms with E-state index in [0.29, 0.717) is 5.25 Å². The minimum atomic E-state index is -0.729. The van der Waals surface area contributed by atoms with Gasteiger partial charge in [-0.25, -0.2) is 4.79 Å². The molecular formula is C20H30N6O3S. The Labute approximate surface area is 181 Å². The summed E-state index contributed by atoms with van der Waals surface area (Å²) in [4.78, 5) is 21.5. The maximum Gasteiger partial charge on any atom is 0.315 e. The molecule has 3 atom stereocenters. The van der Waals surface area contributed by atoms with Crippen molar-refractivity contribution in [3.63, 3.8) is 0 Å². The average molecular weight is 435 g/mol. The van der Waals surface area contributed by atoms with Gasteiger partial charge in [-0.2, -0.15) is 11.8 Å². The normalized spacial score (nSPS) is 24.0. The first kappa shape index (κ1) is 23.9. The summed E-state index contributed by atoms with van der Waals surface area (Å²) in [6.07, 6.45) is 13.5. The van der Waals surface area contributed by atoms with E-state index in [4.69, 9.17) is 5.11 Å². The van der Waals surface area contributed by atoms with Crippen molar-refractivity contribution in [3.05, 3.63) is 12.4 Å². The van der Waals surface area contributed by atoms with Gasteiger partial charge in [0.1, 0.15) is 0 Å². The van der Waals surface area contributed by atoms with Crippen LogP contribution in [0, 0.1) is 11.8 Å². The third-order valence-electron chi connectivity index (χ3n) is 4.89. The number of nitrogens with zero attached hydrogens (tertiary/aromatic N) is 4. The number of nitrogens with one attached hydrogen (secondary N) is 2. The molecule has 1 aliphatic carbocycles. The Bertz CT molecular complexity index is 658. The highest BCUT2D eigenvalue weighted by Gasteiger charge is 2.42. The van der Waals surface area contributed by atoms with E-state index in [1.165, 1.54) is 38.1 Å². The number of aromatic nitrogens is 4. The van der Waals surface area contributed by atoms with Crippen LogP contribution in [0.1, 0.15) is 64.2 Å². The van der Waals surface area contributed by atoms with Crippen molar-refractivity contribution in [2.45, 2.75) is 81.5 Å². The van der Waals surface area contributed by atoms with Crippen molar-refractivity contribution in [1.82, 2.24) is 31.3 Å². The zero-order valence-electron chi connectivity index (χ0n) is 17.1. The topological polar surface area (TPSA) is 130 Å². The summed E-state index contributed by atoms with van der Waals surface area (Å²) in [6.45, 7) is 0. The van der Waals surface area contributed by atoms with Crippen molar-refractivity contribution in [2.24, 2.45) is 0 Å². The van der Waals surface area contributed by atoms with Crippen molar-refractivity contribution in [1.29, 1.82) is 0 Å². The van der Waals surface area contributed by atoms with Crippen LogP contribution in [0.2, 0.25) is 0 Å². The van der Waals surface area contributed by atoms with Gasteiger partial charge < -0.3 is 15.7 Å². The monoisotopic (exact) mass is 434 g/mol. The first-order valence-electron chi connectivity index (χ1n) is 10.5. The second-order valence-electron chi connectivity index (χ2n) is 7.24. The minimum Gasteiger partial charge on any atom is -0.481 e. The van der Waals surface area contributed by atoms with Crippen LogP contribution in [-0.4, -0.2) is 60.8 Å². The number of thioether (sulfide) groups is 1. The maximum absolute atomic E-state index is 11.1. The van der Waals surface area contributed by atoms with E-state index < -0.39 is 5.97 Å². The molecule has 0 unspecified atom stereocenters. The number of urea groups is 1. The number of fused-ring (bicyclic) bond motifs is 1. The van der Waals surface area contributed by atoms with Crippen molar-refractivity contribution >= 4 is 23.8 Å². The zero-order valence-corrected chi connectivity index (χ0v) is 17.9. The number of amides is 2. The number of carboxylic acid groups (broad SMARTS) is 1. The van der Waals surface area contributed by atoms with Crippen LogP contribution >= 0.6 is 11.8 Å². The highest BCUT2D eigenvalue weighted by Crippen LogP contribution is 2.33. The summed E-state index contributed by atoms with van der Waals surface area (Å²) in [7, 11) is 0. The lowest BCUT2D eigenvalue weighted by Gasteiger charge is -2.16. The van der Waals surface area contributed by atoms with Crippen molar-refractivity contribution in [2.75, 3.05) is 5.75 Å². The molecule has 3 heterocycles. The van der Waals surface area contributed by atoms with Crippen LogP contribution in [0.25, 0.3) is 0 Å². The summed E-state index contributed by atoms with van der Waals surface area (Å²) in [5.41, 5.74) is 0. The first-order chi connectivity index (χ1) is 14.7. The fraction of sp³-hybridized carbons (Fsp3) is 0.700. The summed E-state index contributed by atoms with van der Waals surface area (Å²) in [5.74, 6) is 6.51. The van der Waals surface area contributed by atoms with E-state index >= 15 is 0 Å². The molecule has 0 saturated carbocycles. The Balaban J connectivity index is 0.000000189. The molecule has 0 bridgehead atoms. The van der Waals surface area contributed by atoms with Gasteiger partial charge in [0, 0.05) is 30.3 Å². The standard InChI is InChI=1S/C10H16N2O3S.C8H12.C2H2N4/c13-8(14)4-2-1-3-7-9-6(5-16-7)11-10(15)12-9;1-2-4-6-8-7-5-3-1;1-2-4-6-5-3-1/h6-7,9H,1-5H2,(H,13,14)(H2,11,12,15);1-6H2;1-2H/t6-,7-,9-;;/m0../s1. The Morgan fingerprint density at radius 2 is 1.73 bits per heavy atom. The smallest absolute Gasteiger partial charge is 0.315 e. The molecule has 1 aromatic heterocycles. The number of rotatable bonds is 5. The van der Waals surface area contributed by atoms with Gasteiger partial charge in [-0.3, -0.25) is 4.79 Å². The maximum atomic E-state index is 11.1. The number of carbonyl (C=O) groups excluding carboxylic acids is 1. The molecule has 1 aromatic rings. The van der Waals surface area contributed by atoms with Crippen LogP contribution in [0.5, 0.6) is 0 Å². The lowest BCUT2D eigenvalue weighted by molar-refractivity contribution is -0.137. The highest BCUT2D eigenvalue weighted by atomic mass is 32.2. The molecule has 0 spiro atoms. The molecule has 4 rings (SSSR count). The largest absolute Gasteiger partial charge is 0.481 e. The van der Waals surface area contributed by atoms with Crippen molar-refractivity contribution < 1.29 is 14.7 Å². The van der Waals surface area contributed by atoms with E-state index in [2.05, 4.69) is 43.1 Å². The van der Waals surface area contributed by atoms with Gasteiger partial charge in [0.15, 0.2) is 0 Å². The predicted molar refractivity (Wildman–Crippen MR) is 115 cm³/mol. The van der Waals surface area contributed by atoms with Crippen LogP contribution in [0.15, 0.2) is 12.4 Å². The lowest BCUT2D eigenvalue weighted by atomic mass is 10.0. The highest BCUT2D eigenvalue weighted by molar-refractivity contribution is 8.00. The molecule has 30 heavy (non-hydrogen) atoms. The van der Waals surface area contributed by atoms with Crippen LogP contribution in [-0.2, 0) is 4.79 Å². The quantitative estimate of drug-likeness (QED) is 0.366. The van der Waals surface area contributed by atoms with E-state index in [1.807, 2.05) is 11.8 Å². The number of unbranched alkanes of at least 4 members (excludes halogenated alkanes) is 1. The van der Waals surface area contributed by atoms with Crippen LogP contribution in [0.3, 0.4) is 0 Å². The number of carboxylic acids is 1. The molecule has 10 heteroatoms. The molecule has 9 nitrogen and oxygen atoms in total. The molecule has 2 fully saturated rings. The van der Waals surface area contributed by atoms with Gasteiger partial charge in [-0.1, -0.05) is 19.3 Å². The Morgan fingerprint density at radius 1 is 1.07 bits per heavy atom. The number of hydrogen-bond acceptors (Lipinski definition) is 7. The average Bonchev–Trinajstić information content (AvgIpc) is 3.26. The van der Waals surface area contributed by atoms with Crippen LogP contribution in [0.4, 0.5) is 4.79 Å². The van der Waals surface area contributed by atoms with E-state index in [9.17, 15) is 9.59 Å². The molecule has 2 saturated heterocycles. The summed E-state index contributed by atoms with van der Waals surface area (Å²) >= 11 is 1.87. The summed E-state index contributed by atoms with van der Waals surface area (Å²) in [5, 5.41) is 27.8. The minimum absolute atomic E-state index is 0.0640. The number of hydrogen-bond donors (Lipinski definition) is 3. The SMILES string of the molecule is C1#CCCCCCC1.O=C(O)CCCC[C@@H]1SC[C@@H]2NC(=O)N[C@@H]21.c1cnnnn1. The van der Waals surface area contributed by atoms with Gasteiger partial charge in [0.25, 0.3) is 0 Å². The molecular weight excluding hydrogens is 404 g/mol. The predicted octanol–water partition coefficient (Wildman–Crippen LogP) is 2.41. The Morgan fingerprint density at radius 3 is 2.30 bits per heavy atom. The van der Waals surface area contributed by atoms with Crippen molar-refractivity contribution in [3.8, 4) is 11.8 Å². The third-order valence-corrected chi connectivity index (χ3v) is 6.40.